The Bertz CT molecular complexity index is 866. The molecule has 116 valence electrons. The van der Waals surface area contributed by atoms with Crippen molar-refractivity contribution in [1.82, 2.24) is 4.98 Å². The molecule has 0 amide bonds. The maximum Gasteiger partial charge on any atom is 0.335 e. The van der Waals surface area contributed by atoms with Gasteiger partial charge in [0.2, 0.25) is 0 Å². The highest BCUT2D eigenvalue weighted by molar-refractivity contribution is 5.99. The molecule has 0 atom stereocenters. The monoisotopic (exact) mass is 309 g/mol. The van der Waals surface area contributed by atoms with E-state index in [0.29, 0.717) is 5.69 Å². The van der Waals surface area contributed by atoms with E-state index < -0.39 is 5.97 Å². The largest absolute Gasteiger partial charge is 0.497 e. The molecule has 1 aromatic heterocycles. The van der Waals surface area contributed by atoms with Gasteiger partial charge in [-0.05, 0) is 36.4 Å². The molecule has 6 heteroatoms. The standard InChI is InChI=1S/C17H15N3O3/c1-23-14-6-7-15-12(9-18-16(15)8-14)10-19-20-13-4-2-11(3-5-13)17(21)22/h2-10,18,20H,1H3,(H,21,22)/b19-10-. The van der Waals surface area contributed by atoms with Crippen LogP contribution in [0.2, 0.25) is 0 Å². The van der Waals surface area contributed by atoms with Gasteiger partial charge >= 0.3 is 5.97 Å². The van der Waals surface area contributed by atoms with E-state index in [9.17, 15) is 4.79 Å². The fourth-order valence-electron chi connectivity index (χ4n) is 2.23. The number of carbonyl (C=O) groups is 1. The van der Waals surface area contributed by atoms with E-state index in [1.165, 1.54) is 12.1 Å². The molecule has 0 unspecified atom stereocenters. The van der Waals surface area contributed by atoms with Gasteiger partial charge in [0, 0.05) is 28.7 Å². The highest BCUT2D eigenvalue weighted by Crippen LogP contribution is 2.22. The normalized spacial score (nSPS) is 11.0. The number of rotatable bonds is 5. The summed E-state index contributed by atoms with van der Waals surface area (Å²) in [6, 6.07) is 12.2. The third-order valence-electron chi connectivity index (χ3n) is 3.45. The number of aromatic carboxylic acids is 1. The molecule has 0 aliphatic rings. The van der Waals surface area contributed by atoms with Gasteiger partial charge in [-0.15, -0.1) is 0 Å². The number of hydrazone groups is 1. The molecule has 0 radical (unpaired) electrons. The van der Waals surface area contributed by atoms with Gasteiger partial charge in [0.05, 0.1) is 24.6 Å². The number of methoxy groups -OCH3 is 1. The minimum atomic E-state index is -0.950. The van der Waals surface area contributed by atoms with E-state index >= 15 is 0 Å². The first-order valence-electron chi connectivity index (χ1n) is 6.95. The van der Waals surface area contributed by atoms with Crippen LogP contribution in [0.1, 0.15) is 15.9 Å². The number of fused-ring (bicyclic) bond motifs is 1. The Labute approximate surface area is 132 Å². The maximum atomic E-state index is 10.8. The molecule has 0 fully saturated rings. The molecule has 0 aliphatic heterocycles. The molecular weight excluding hydrogens is 294 g/mol. The smallest absolute Gasteiger partial charge is 0.335 e. The second-order valence-electron chi connectivity index (χ2n) is 4.91. The molecule has 3 aromatic rings. The first-order chi connectivity index (χ1) is 11.2. The van der Waals surface area contributed by atoms with E-state index in [2.05, 4.69) is 15.5 Å². The van der Waals surface area contributed by atoms with Crippen molar-refractivity contribution in [2.75, 3.05) is 12.5 Å². The lowest BCUT2D eigenvalue weighted by atomic mass is 10.2. The molecule has 0 bridgehead atoms. The zero-order valence-corrected chi connectivity index (χ0v) is 12.4. The van der Waals surface area contributed by atoms with Crippen molar-refractivity contribution in [3.05, 3.63) is 59.8 Å². The molecule has 0 saturated carbocycles. The van der Waals surface area contributed by atoms with Crippen LogP contribution in [-0.2, 0) is 0 Å². The summed E-state index contributed by atoms with van der Waals surface area (Å²) in [6.07, 6.45) is 3.57. The summed E-state index contributed by atoms with van der Waals surface area (Å²) < 4.78 is 5.19. The molecular formula is C17H15N3O3. The predicted octanol–water partition coefficient (Wildman–Crippen LogP) is 3.32. The lowest BCUT2D eigenvalue weighted by Crippen LogP contribution is -1.96. The van der Waals surface area contributed by atoms with Gasteiger partial charge in [-0.3, -0.25) is 5.43 Å². The SMILES string of the molecule is COc1ccc2c(/C=N\Nc3ccc(C(=O)O)cc3)c[nH]c2c1. The highest BCUT2D eigenvalue weighted by atomic mass is 16.5. The molecule has 0 aliphatic carbocycles. The van der Waals surface area contributed by atoms with Crippen LogP contribution in [0.3, 0.4) is 0 Å². The Morgan fingerprint density at radius 3 is 2.74 bits per heavy atom. The molecule has 3 N–H and O–H groups in total. The molecule has 0 saturated heterocycles. The van der Waals surface area contributed by atoms with E-state index in [1.54, 1.807) is 25.5 Å². The number of nitrogens with zero attached hydrogens (tertiary/aromatic N) is 1. The lowest BCUT2D eigenvalue weighted by Gasteiger charge is -2.01. The third kappa shape index (κ3) is 3.16. The van der Waals surface area contributed by atoms with Gasteiger partial charge in [-0.1, -0.05) is 0 Å². The minimum Gasteiger partial charge on any atom is -0.497 e. The lowest BCUT2D eigenvalue weighted by molar-refractivity contribution is 0.0697. The van der Waals surface area contributed by atoms with E-state index in [0.717, 1.165) is 22.2 Å². The summed E-state index contributed by atoms with van der Waals surface area (Å²) in [7, 11) is 1.63. The number of carboxylic acid groups (broad SMARTS) is 1. The van der Waals surface area contributed by atoms with Crippen molar-refractivity contribution >= 4 is 28.8 Å². The summed E-state index contributed by atoms with van der Waals surface area (Å²) in [5.74, 6) is -0.159. The van der Waals surface area contributed by atoms with Gasteiger partial charge in [0.15, 0.2) is 0 Å². The number of hydrogen-bond donors (Lipinski definition) is 3. The zero-order valence-electron chi connectivity index (χ0n) is 12.4. The Morgan fingerprint density at radius 1 is 1.26 bits per heavy atom. The number of ether oxygens (including phenoxy) is 1. The number of aromatic nitrogens is 1. The summed E-state index contributed by atoms with van der Waals surface area (Å²) in [4.78, 5) is 14.0. The van der Waals surface area contributed by atoms with Gasteiger partial charge in [0.1, 0.15) is 5.75 Å². The Hall–Kier alpha value is -3.28. The summed E-state index contributed by atoms with van der Waals surface area (Å²) >= 11 is 0. The van der Waals surface area contributed by atoms with Crippen molar-refractivity contribution < 1.29 is 14.6 Å². The minimum absolute atomic E-state index is 0.241. The molecule has 6 nitrogen and oxygen atoms in total. The zero-order chi connectivity index (χ0) is 16.2. The van der Waals surface area contributed by atoms with Crippen LogP contribution in [0.15, 0.2) is 53.8 Å². The fourth-order valence-corrected chi connectivity index (χ4v) is 2.23. The number of H-pyrrole nitrogens is 1. The number of carboxylic acids is 1. The van der Waals surface area contributed by atoms with E-state index in [4.69, 9.17) is 9.84 Å². The van der Waals surface area contributed by atoms with Crippen molar-refractivity contribution in [1.29, 1.82) is 0 Å². The number of aromatic amines is 1. The van der Waals surface area contributed by atoms with Gasteiger partial charge in [0.25, 0.3) is 0 Å². The first-order valence-corrected chi connectivity index (χ1v) is 6.95. The molecule has 1 heterocycles. The molecule has 2 aromatic carbocycles. The van der Waals surface area contributed by atoms with Gasteiger partial charge < -0.3 is 14.8 Å². The van der Waals surface area contributed by atoms with Crippen molar-refractivity contribution in [3.63, 3.8) is 0 Å². The molecule has 0 spiro atoms. The van der Waals surface area contributed by atoms with Crippen LogP contribution >= 0.6 is 0 Å². The topological polar surface area (TPSA) is 86.7 Å². The summed E-state index contributed by atoms with van der Waals surface area (Å²) in [5.41, 5.74) is 5.74. The van der Waals surface area contributed by atoms with E-state index in [-0.39, 0.29) is 5.56 Å². The Kier molecular flexibility index (Phi) is 3.97. The maximum absolute atomic E-state index is 10.8. The average molecular weight is 309 g/mol. The molecule has 3 rings (SSSR count). The van der Waals surface area contributed by atoms with Gasteiger partial charge in [-0.2, -0.15) is 5.10 Å². The van der Waals surface area contributed by atoms with Crippen molar-refractivity contribution in [2.24, 2.45) is 5.10 Å². The number of benzene rings is 2. The first kappa shape index (κ1) is 14.6. The fraction of sp³-hybridized carbons (Fsp3) is 0.0588. The number of anilines is 1. The van der Waals surface area contributed by atoms with Crippen LogP contribution in [0.4, 0.5) is 5.69 Å². The summed E-state index contributed by atoms with van der Waals surface area (Å²) in [5, 5.41) is 14.1. The third-order valence-corrected chi connectivity index (χ3v) is 3.45. The van der Waals surface area contributed by atoms with Gasteiger partial charge in [-0.25, -0.2) is 4.79 Å². The number of nitrogens with one attached hydrogen (secondary N) is 2. The van der Waals surface area contributed by atoms with Crippen molar-refractivity contribution in [3.8, 4) is 5.75 Å². The van der Waals surface area contributed by atoms with E-state index in [1.807, 2.05) is 24.4 Å². The number of hydrogen-bond acceptors (Lipinski definition) is 4. The van der Waals surface area contributed by atoms with Crippen molar-refractivity contribution in [2.45, 2.75) is 0 Å². The van der Waals surface area contributed by atoms with Crippen LogP contribution in [0, 0.1) is 0 Å². The van der Waals surface area contributed by atoms with Crippen LogP contribution in [-0.4, -0.2) is 29.4 Å². The van der Waals surface area contributed by atoms with Crippen LogP contribution in [0.25, 0.3) is 10.9 Å². The quantitative estimate of drug-likeness (QED) is 0.498. The highest BCUT2D eigenvalue weighted by Gasteiger charge is 2.03. The summed E-state index contributed by atoms with van der Waals surface area (Å²) in [6.45, 7) is 0. The Balaban J connectivity index is 1.74. The van der Waals surface area contributed by atoms with Crippen LogP contribution < -0.4 is 10.2 Å². The Morgan fingerprint density at radius 2 is 2.04 bits per heavy atom. The second-order valence-corrected chi connectivity index (χ2v) is 4.91. The predicted molar refractivity (Wildman–Crippen MR) is 89.5 cm³/mol. The average Bonchev–Trinajstić information content (AvgIpc) is 2.97. The second kappa shape index (κ2) is 6.23. The molecule has 23 heavy (non-hydrogen) atoms. The van der Waals surface area contributed by atoms with Crippen LogP contribution in [0.5, 0.6) is 5.75 Å².